The lowest BCUT2D eigenvalue weighted by Gasteiger charge is -2.31. The Hall–Kier alpha value is -0.610. The molecule has 0 bridgehead atoms. The molecule has 98 valence electrons. The molecule has 1 amide bonds. The number of piperidine rings is 1. The molecule has 4 heteroatoms. The molecule has 0 aromatic rings. The number of hydrogen-bond acceptors (Lipinski definition) is 3. The molecule has 1 aliphatic carbocycles. The SMILES string of the molecule is CNCC1CCN(CCC(=O)NC2CC2)CC1. The highest BCUT2D eigenvalue weighted by Gasteiger charge is 2.24. The fraction of sp³-hybridized carbons (Fsp3) is 0.923. The second-order valence-electron chi connectivity index (χ2n) is 5.43. The van der Waals surface area contributed by atoms with Crippen molar-refractivity contribution in [1.29, 1.82) is 0 Å². The molecule has 0 aromatic heterocycles. The average molecular weight is 239 g/mol. The van der Waals surface area contributed by atoms with Crippen molar-refractivity contribution in [1.82, 2.24) is 15.5 Å². The molecule has 1 heterocycles. The van der Waals surface area contributed by atoms with E-state index in [2.05, 4.69) is 15.5 Å². The number of rotatable bonds is 6. The molecule has 0 aromatic carbocycles. The first-order chi connectivity index (χ1) is 8.28. The van der Waals surface area contributed by atoms with Crippen molar-refractivity contribution in [3.8, 4) is 0 Å². The third-order valence-electron chi connectivity index (χ3n) is 3.80. The first-order valence-electron chi connectivity index (χ1n) is 6.94. The summed E-state index contributed by atoms with van der Waals surface area (Å²) in [5, 5.41) is 6.30. The van der Waals surface area contributed by atoms with Crippen LogP contribution in [0.15, 0.2) is 0 Å². The maximum absolute atomic E-state index is 11.6. The van der Waals surface area contributed by atoms with E-state index < -0.39 is 0 Å². The number of nitrogens with zero attached hydrogens (tertiary/aromatic N) is 1. The Kier molecular flexibility index (Phi) is 4.80. The molecule has 17 heavy (non-hydrogen) atoms. The number of amides is 1. The molecule has 0 atom stereocenters. The van der Waals surface area contributed by atoms with E-state index >= 15 is 0 Å². The Morgan fingerprint density at radius 1 is 1.24 bits per heavy atom. The molecule has 2 fully saturated rings. The van der Waals surface area contributed by atoms with Gasteiger partial charge >= 0.3 is 0 Å². The lowest BCUT2D eigenvalue weighted by atomic mass is 9.97. The van der Waals surface area contributed by atoms with E-state index in [9.17, 15) is 4.79 Å². The van der Waals surface area contributed by atoms with Crippen molar-refractivity contribution in [3.63, 3.8) is 0 Å². The minimum atomic E-state index is 0.241. The highest BCUT2D eigenvalue weighted by molar-refractivity contribution is 5.76. The molecule has 2 rings (SSSR count). The summed E-state index contributed by atoms with van der Waals surface area (Å²) in [5.74, 6) is 1.07. The molecule has 0 unspecified atom stereocenters. The monoisotopic (exact) mass is 239 g/mol. The van der Waals surface area contributed by atoms with Crippen LogP contribution in [0.25, 0.3) is 0 Å². The number of carbonyl (C=O) groups excluding carboxylic acids is 1. The highest BCUT2D eigenvalue weighted by atomic mass is 16.1. The molecule has 0 radical (unpaired) electrons. The molecule has 0 spiro atoms. The van der Waals surface area contributed by atoms with Crippen LogP contribution in [0.1, 0.15) is 32.1 Å². The smallest absolute Gasteiger partial charge is 0.221 e. The van der Waals surface area contributed by atoms with Crippen molar-refractivity contribution in [2.24, 2.45) is 5.92 Å². The zero-order valence-corrected chi connectivity index (χ0v) is 10.9. The predicted molar refractivity (Wildman–Crippen MR) is 68.9 cm³/mol. The van der Waals surface area contributed by atoms with Gasteiger partial charge in [-0.1, -0.05) is 0 Å². The van der Waals surface area contributed by atoms with Crippen LogP contribution in [0.4, 0.5) is 0 Å². The van der Waals surface area contributed by atoms with E-state index in [4.69, 9.17) is 0 Å². The van der Waals surface area contributed by atoms with Crippen LogP contribution in [0, 0.1) is 5.92 Å². The summed E-state index contributed by atoms with van der Waals surface area (Å²) in [6.07, 6.45) is 5.58. The number of hydrogen-bond donors (Lipinski definition) is 2. The molecule has 1 aliphatic heterocycles. The minimum absolute atomic E-state index is 0.241. The van der Waals surface area contributed by atoms with Gasteiger partial charge in [-0.2, -0.15) is 0 Å². The topological polar surface area (TPSA) is 44.4 Å². The van der Waals surface area contributed by atoms with Crippen molar-refractivity contribution in [3.05, 3.63) is 0 Å². The van der Waals surface area contributed by atoms with Crippen molar-refractivity contribution < 1.29 is 4.79 Å². The van der Waals surface area contributed by atoms with Gasteiger partial charge in [-0.25, -0.2) is 0 Å². The maximum atomic E-state index is 11.6. The highest BCUT2D eigenvalue weighted by Crippen LogP contribution is 2.19. The minimum Gasteiger partial charge on any atom is -0.353 e. The summed E-state index contributed by atoms with van der Waals surface area (Å²) < 4.78 is 0. The molecular weight excluding hydrogens is 214 g/mol. The first-order valence-corrected chi connectivity index (χ1v) is 6.94. The average Bonchev–Trinajstić information content (AvgIpc) is 3.12. The van der Waals surface area contributed by atoms with E-state index in [0.717, 1.165) is 32.1 Å². The van der Waals surface area contributed by atoms with Crippen molar-refractivity contribution in [2.45, 2.75) is 38.1 Å². The molecule has 4 nitrogen and oxygen atoms in total. The third kappa shape index (κ3) is 4.64. The lowest BCUT2D eigenvalue weighted by molar-refractivity contribution is -0.121. The van der Waals surface area contributed by atoms with E-state index in [0.29, 0.717) is 12.5 Å². The van der Waals surface area contributed by atoms with Gasteiger partial charge in [0.05, 0.1) is 0 Å². The molecule has 1 saturated heterocycles. The van der Waals surface area contributed by atoms with Gasteiger partial charge < -0.3 is 15.5 Å². The van der Waals surface area contributed by atoms with Crippen molar-refractivity contribution >= 4 is 5.91 Å². The van der Waals surface area contributed by atoms with Crippen LogP contribution in [0.5, 0.6) is 0 Å². The quantitative estimate of drug-likeness (QED) is 0.713. The zero-order valence-electron chi connectivity index (χ0n) is 10.9. The Morgan fingerprint density at radius 2 is 1.94 bits per heavy atom. The van der Waals surface area contributed by atoms with Crippen LogP contribution in [0.2, 0.25) is 0 Å². The summed E-state index contributed by atoms with van der Waals surface area (Å²) in [6.45, 7) is 4.38. The summed E-state index contributed by atoms with van der Waals surface area (Å²) in [5.41, 5.74) is 0. The van der Waals surface area contributed by atoms with Gasteiger partial charge in [0.25, 0.3) is 0 Å². The van der Waals surface area contributed by atoms with E-state index in [1.807, 2.05) is 7.05 Å². The number of likely N-dealkylation sites (tertiary alicyclic amines) is 1. The van der Waals surface area contributed by atoms with E-state index in [1.54, 1.807) is 0 Å². The maximum Gasteiger partial charge on any atom is 0.221 e. The van der Waals surface area contributed by atoms with Gasteiger partial charge in [0.15, 0.2) is 0 Å². The van der Waals surface area contributed by atoms with Gasteiger partial charge in [0, 0.05) is 19.0 Å². The van der Waals surface area contributed by atoms with Crippen molar-refractivity contribution in [2.75, 3.05) is 33.2 Å². The number of carbonyl (C=O) groups is 1. The summed E-state index contributed by atoms with van der Waals surface area (Å²) in [7, 11) is 2.02. The Bertz CT molecular complexity index is 245. The lowest BCUT2D eigenvalue weighted by Crippen LogP contribution is -2.39. The Balaban J connectivity index is 1.55. The van der Waals surface area contributed by atoms with Crippen LogP contribution in [-0.2, 0) is 4.79 Å². The second kappa shape index (κ2) is 6.36. The second-order valence-corrected chi connectivity index (χ2v) is 5.43. The van der Waals surface area contributed by atoms with Gasteiger partial charge in [-0.05, 0) is 58.3 Å². The van der Waals surface area contributed by atoms with Gasteiger partial charge in [0.1, 0.15) is 0 Å². The van der Waals surface area contributed by atoms with Gasteiger partial charge in [-0.15, -0.1) is 0 Å². The summed E-state index contributed by atoms with van der Waals surface area (Å²) >= 11 is 0. The van der Waals surface area contributed by atoms with Crippen LogP contribution in [0.3, 0.4) is 0 Å². The fourth-order valence-corrected chi connectivity index (χ4v) is 2.49. The van der Waals surface area contributed by atoms with E-state index in [-0.39, 0.29) is 5.91 Å². The molecule has 2 aliphatic rings. The van der Waals surface area contributed by atoms with Gasteiger partial charge in [0.2, 0.25) is 5.91 Å². The fourth-order valence-electron chi connectivity index (χ4n) is 2.49. The molecule has 1 saturated carbocycles. The van der Waals surface area contributed by atoms with E-state index in [1.165, 1.54) is 25.7 Å². The first kappa shape index (κ1) is 12.8. The normalized spacial score (nSPS) is 22.6. The summed E-state index contributed by atoms with van der Waals surface area (Å²) in [4.78, 5) is 14.0. The molecular formula is C13H25N3O. The molecule has 2 N–H and O–H groups in total. The van der Waals surface area contributed by atoms with Crippen LogP contribution in [-0.4, -0.2) is 50.1 Å². The standard InChI is InChI=1S/C13H25N3O/c1-14-10-11-4-7-16(8-5-11)9-6-13(17)15-12-2-3-12/h11-12,14H,2-10H2,1H3,(H,15,17). The summed E-state index contributed by atoms with van der Waals surface area (Å²) in [6, 6.07) is 0.504. The number of nitrogens with one attached hydrogen (secondary N) is 2. The Morgan fingerprint density at radius 3 is 2.53 bits per heavy atom. The largest absolute Gasteiger partial charge is 0.353 e. The van der Waals surface area contributed by atoms with Crippen LogP contribution < -0.4 is 10.6 Å². The predicted octanol–water partition coefficient (Wildman–Crippen LogP) is 0.587. The van der Waals surface area contributed by atoms with Crippen LogP contribution >= 0.6 is 0 Å². The van der Waals surface area contributed by atoms with Gasteiger partial charge in [-0.3, -0.25) is 4.79 Å². The zero-order chi connectivity index (χ0) is 12.1. The third-order valence-corrected chi connectivity index (χ3v) is 3.80. The Labute approximate surface area is 104 Å².